The molecule has 106 valence electrons. The van der Waals surface area contributed by atoms with Crippen LogP contribution in [0.5, 0.6) is 0 Å². The van der Waals surface area contributed by atoms with Crippen LogP contribution >= 0.6 is 24.8 Å². The highest BCUT2D eigenvalue weighted by Gasteiger charge is 2.17. The molecule has 5 nitrogen and oxygen atoms in total. The fourth-order valence-corrected chi connectivity index (χ4v) is 2.29. The first-order valence-electron chi connectivity index (χ1n) is 6.08. The molecule has 0 atom stereocenters. The lowest BCUT2D eigenvalue weighted by molar-refractivity contribution is 0.176. The first kappa shape index (κ1) is 17.6. The van der Waals surface area contributed by atoms with Crippen LogP contribution in [0.15, 0.2) is 12.7 Å². The van der Waals surface area contributed by atoms with E-state index in [0.717, 1.165) is 25.6 Å². The predicted octanol–water partition coefficient (Wildman–Crippen LogP) is 1.05. The molecule has 1 aromatic rings. The van der Waals surface area contributed by atoms with Gasteiger partial charge in [-0.15, -0.1) is 24.8 Å². The van der Waals surface area contributed by atoms with Crippen molar-refractivity contribution < 1.29 is 0 Å². The zero-order chi connectivity index (χ0) is 11.2. The average molecular weight is 296 g/mol. The summed E-state index contributed by atoms with van der Waals surface area (Å²) in [6, 6.07) is 0. The van der Waals surface area contributed by atoms with E-state index in [1.807, 2.05) is 11.7 Å². The number of nitrogens with zero attached hydrogens (tertiary/aromatic N) is 4. The molecule has 1 fully saturated rings. The molecule has 18 heavy (non-hydrogen) atoms. The van der Waals surface area contributed by atoms with E-state index in [-0.39, 0.29) is 24.8 Å². The molecule has 0 spiro atoms. The van der Waals surface area contributed by atoms with Crippen LogP contribution in [-0.4, -0.2) is 52.9 Å². The van der Waals surface area contributed by atoms with Gasteiger partial charge < -0.3 is 10.2 Å². The Morgan fingerprint density at radius 2 is 1.94 bits per heavy atom. The van der Waals surface area contributed by atoms with Crippen LogP contribution in [0.2, 0.25) is 0 Å². The number of hydrogen-bond acceptors (Lipinski definition) is 4. The van der Waals surface area contributed by atoms with Crippen LogP contribution in [0, 0.1) is 5.92 Å². The van der Waals surface area contributed by atoms with E-state index in [0.29, 0.717) is 0 Å². The van der Waals surface area contributed by atoms with Gasteiger partial charge in [-0.2, -0.15) is 5.10 Å². The number of rotatable bonds is 5. The minimum absolute atomic E-state index is 0. The standard InChI is InChI=1S/C11H21N5.2ClH/c1-12-8-11-2-4-15(5-3-11)6-7-16-10-13-9-14-16;;/h9-12H,2-8H2,1H3;2*1H. The second kappa shape index (κ2) is 9.55. The van der Waals surface area contributed by atoms with Gasteiger partial charge in [0.25, 0.3) is 0 Å². The van der Waals surface area contributed by atoms with Crippen molar-refractivity contribution in [3.63, 3.8) is 0 Å². The summed E-state index contributed by atoms with van der Waals surface area (Å²) in [6.07, 6.45) is 6.02. The molecule has 1 aliphatic rings. The van der Waals surface area contributed by atoms with Gasteiger partial charge in [0.05, 0.1) is 6.54 Å². The van der Waals surface area contributed by atoms with Gasteiger partial charge in [0, 0.05) is 6.54 Å². The lowest BCUT2D eigenvalue weighted by Gasteiger charge is -2.31. The summed E-state index contributed by atoms with van der Waals surface area (Å²) in [5, 5.41) is 7.38. The summed E-state index contributed by atoms with van der Waals surface area (Å²) in [4.78, 5) is 6.47. The van der Waals surface area contributed by atoms with E-state index in [4.69, 9.17) is 0 Å². The number of piperidine rings is 1. The van der Waals surface area contributed by atoms with Gasteiger partial charge >= 0.3 is 0 Å². The molecular formula is C11H23Cl2N5. The Kier molecular flexibility index (Phi) is 9.36. The third-order valence-electron chi connectivity index (χ3n) is 3.31. The summed E-state index contributed by atoms with van der Waals surface area (Å²) >= 11 is 0. The van der Waals surface area contributed by atoms with Gasteiger partial charge in [-0.1, -0.05) is 0 Å². The van der Waals surface area contributed by atoms with Crippen molar-refractivity contribution in [2.45, 2.75) is 19.4 Å². The molecule has 0 aromatic carbocycles. The van der Waals surface area contributed by atoms with Crippen molar-refractivity contribution in [3.8, 4) is 0 Å². The summed E-state index contributed by atoms with van der Waals surface area (Å²) in [5.74, 6) is 0.868. The summed E-state index contributed by atoms with van der Waals surface area (Å²) in [5.41, 5.74) is 0. The van der Waals surface area contributed by atoms with Gasteiger partial charge in [-0.05, 0) is 45.4 Å². The van der Waals surface area contributed by atoms with Crippen molar-refractivity contribution >= 4 is 24.8 Å². The Labute approximate surface area is 121 Å². The molecule has 1 aromatic heterocycles. The van der Waals surface area contributed by atoms with E-state index < -0.39 is 0 Å². The third kappa shape index (κ3) is 5.52. The smallest absolute Gasteiger partial charge is 0.137 e. The monoisotopic (exact) mass is 295 g/mol. The zero-order valence-corrected chi connectivity index (χ0v) is 12.4. The molecule has 0 amide bonds. The van der Waals surface area contributed by atoms with E-state index in [1.54, 1.807) is 12.7 Å². The largest absolute Gasteiger partial charge is 0.319 e. The third-order valence-corrected chi connectivity index (χ3v) is 3.31. The predicted molar refractivity (Wildman–Crippen MR) is 77.6 cm³/mol. The molecule has 1 N–H and O–H groups in total. The highest BCUT2D eigenvalue weighted by Crippen LogP contribution is 2.15. The lowest BCUT2D eigenvalue weighted by Crippen LogP contribution is -2.38. The van der Waals surface area contributed by atoms with Crippen LogP contribution < -0.4 is 5.32 Å². The molecule has 0 saturated carbocycles. The second-order valence-corrected chi connectivity index (χ2v) is 4.50. The fraction of sp³-hybridized carbons (Fsp3) is 0.818. The molecular weight excluding hydrogens is 273 g/mol. The number of halogens is 2. The molecule has 2 rings (SSSR count). The first-order valence-corrected chi connectivity index (χ1v) is 6.08. The topological polar surface area (TPSA) is 46.0 Å². The van der Waals surface area contributed by atoms with E-state index >= 15 is 0 Å². The van der Waals surface area contributed by atoms with Crippen molar-refractivity contribution in [2.75, 3.05) is 33.2 Å². The Balaban J connectivity index is 0.00000144. The lowest BCUT2D eigenvalue weighted by atomic mass is 9.97. The van der Waals surface area contributed by atoms with E-state index in [2.05, 4.69) is 20.3 Å². The SMILES string of the molecule is CNCC1CCN(CCn2cncn2)CC1.Cl.Cl. The summed E-state index contributed by atoms with van der Waals surface area (Å²) in [6.45, 7) is 5.66. The summed E-state index contributed by atoms with van der Waals surface area (Å²) in [7, 11) is 2.04. The van der Waals surface area contributed by atoms with Crippen LogP contribution in [0.3, 0.4) is 0 Å². The zero-order valence-electron chi connectivity index (χ0n) is 10.8. The van der Waals surface area contributed by atoms with Crippen LogP contribution in [0.1, 0.15) is 12.8 Å². The number of likely N-dealkylation sites (tertiary alicyclic amines) is 1. The van der Waals surface area contributed by atoms with E-state index in [1.165, 1.54) is 25.9 Å². The van der Waals surface area contributed by atoms with Gasteiger partial charge in [0.1, 0.15) is 12.7 Å². The summed E-state index contributed by atoms with van der Waals surface area (Å²) < 4.78 is 1.90. The number of aromatic nitrogens is 3. The molecule has 0 unspecified atom stereocenters. The maximum absolute atomic E-state index is 4.11. The quantitative estimate of drug-likeness (QED) is 0.882. The van der Waals surface area contributed by atoms with Crippen LogP contribution in [-0.2, 0) is 6.54 Å². The van der Waals surface area contributed by atoms with Crippen molar-refractivity contribution in [2.24, 2.45) is 5.92 Å². The minimum atomic E-state index is 0. The molecule has 1 aliphatic heterocycles. The minimum Gasteiger partial charge on any atom is -0.319 e. The molecule has 7 heteroatoms. The number of nitrogens with one attached hydrogen (secondary N) is 1. The molecule has 1 saturated heterocycles. The average Bonchev–Trinajstić information content (AvgIpc) is 2.82. The van der Waals surface area contributed by atoms with Crippen LogP contribution in [0.25, 0.3) is 0 Å². The highest BCUT2D eigenvalue weighted by atomic mass is 35.5. The van der Waals surface area contributed by atoms with Gasteiger partial charge in [-0.25, -0.2) is 4.98 Å². The maximum atomic E-state index is 4.11. The van der Waals surface area contributed by atoms with Gasteiger partial charge in [0.15, 0.2) is 0 Å². The Hall–Kier alpha value is -0.360. The molecule has 0 aliphatic carbocycles. The van der Waals surface area contributed by atoms with Gasteiger partial charge in [0.2, 0.25) is 0 Å². The maximum Gasteiger partial charge on any atom is 0.137 e. The van der Waals surface area contributed by atoms with Crippen molar-refractivity contribution in [3.05, 3.63) is 12.7 Å². The van der Waals surface area contributed by atoms with E-state index in [9.17, 15) is 0 Å². The van der Waals surface area contributed by atoms with Crippen molar-refractivity contribution in [1.82, 2.24) is 25.0 Å². The Bertz CT molecular complexity index is 286. The second-order valence-electron chi connectivity index (χ2n) is 4.50. The molecule has 0 bridgehead atoms. The normalized spacial score (nSPS) is 16.9. The van der Waals surface area contributed by atoms with Gasteiger partial charge in [-0.3, -0.25) is 4.68 Å². The first-order chi connectivity index (χ1) is 7.88. The molecule has 0 radical (unpaired) electrons. The number of hydrogen-bond donors (Lipinski definition) is 1. The molecule has 2 heterocycles. The Morgan fingerprint density at radius 1 is 1.22 bits per heavy atom. The van der Waals surface area contributed by atoms with Crippen molar-refractivity contribution in [1.29, 1.82) is 0 Å². The fourth-order valence-electron chi connectivity index (χ4n) is 2.29. The van der Waals surface area contributed by atoms with Crippen LogP contribution in [0.4, 0.5) is 0 Å². The highest BCUT2D eigenvalue weighted by molar-refractivity contribution is 5.85. The Morgan fingerprint density at radius 3 is 2.50 bits per heavy atom.